The molecule has 0 aliphatic rings. The molecule has 1 aromatic carbocycles. The van der Waals surface area contributed by atoms with E-state index in [1.54, 1.807) is 18.3 Å². The van der Waals surface area contributed by atoms with Gasteiger partial charge in [-0.2, -0.15) is 0 Å². The Labute approximate surface area is 110 Å². The van der Waals surface area contributed by atoms with Gasteiger partial charge in [0.1, 0.15) is 5.52 Å². The van der Waals surface area contributed by atoms with E-state index in [2.05, 4.69) is 4.98 Å². The molecule has 0 amide bonds. The number of benzene rings is 1. The number of pyridine rings is 1. The zero-order chi connectivity index (χ0) is 9.42. The molecule has 0 aliphatic carbocycles. The summed E-state index contributed by atoms with van der Waals surface area (Å²) in [4.78, 5) is 4.06. The van der Waals surface area contributed by atoms with Crippen LogP contribution in [0.4, 0.5) is 0 Å². The number of nitrogens with zero attached hydrogens (tertiary/aromatic N) is 1. The van der Waals surface area contributed by atoms with Crippen LogP contribution in [0.25, 0.3) is 10.9 Å². The van der Waals surface area contributed by atoms with Crippen molar-refractivity contribution in [2.45, 2.75) is 0 Å². The normalized spacial score (nSPS) is 9.86. The summed E-state index contributed by atoms with van der Waals surface area (Å²) in [6, 6.07) is 5.35. The first kappa shape index (κ1) is 12.0. The molecule has 0 spiro atoms. The van der Waals surface area contributed by atoms with Gasteiger partial charge >= 0.3 is 17.1 Å². The van der Waals surface area contributed by atoms with E-state index in [0.29, 0.717) is 14.1 Å². The van der Waals surface area contributed by atoms with Crippen molar-refractivity contribution in [3.63, 3.8) is 0 Å². The van der Waals surface area contributed by atoms with Crippen molar-refractivity contribution in [2.24, 2.45) is 0 Å². The SMILES string of the molecule is Oc1c(I)cc(Cl)c2cccnc12.[67Cu+2]. The smallest absolute Gasteiger partial charge is 0.505 e. The van der Waals surface area contributed by atoms with Crippen molar-refractivity contribution < 1.29 is 22.2 Å². The molecule has 1 N–H and O–H groups in total. The van der Waals surface area contributed by atoms with Gasteiger partial charge in [0, 0.05) is 11.6 Å². The van der Waals surface area contributed by atoms with Gasteiger partial charge in [-0.3, -0.25) is 4.98 Å². The summed E-state index contributed by atoms with van der Waals surface area (Å²) in [6.07, 6.45) is 1.63. The van der Waals surface area contributed by atoms with E-state index in [-0.39, 0.29) is 22.8 Å². The van der Waals surface area contributed by atoms with Gasteiger partial charge in [0.05, 0.1) is 8.59 Å². The summed E-state index contributed by atoms with van der Waals surface area (Å²) < 4.78 is 0.716. The number of rotatable bonds is 0. The van der Waals surface area contributed by atoms with Crippen molar-refractivity contribution >= 4 is 45.1 Å². The van der Waals surface area contributed by atoms with Gasteiger partial charge in [0.25, 0.3) is 0 Å². The molecule has 0 saturated carbocycles. The van der Waals surface area contributed by atoms with E-state index in [1.165, 1.54) is 0 Å². The standard InChI is InChI=1S/C9H5ClINO.Cu/c10-6-4-7(11)9(13)8-5(6)2-1-3-12-8;/h1-4,13H;/q;+2/i;1+3. The molecule has 2 aromatic rings. The third-order valence-electron chi connectivity index (χ3n) is 1.77. The van der Waals surface area contributed by atoms with Crippen molar-refractivity contribution in [3.8, 4) is 5.75 Å². The largest absolute Gasteiger partial charge is 2.00 e. The summed E-state index contributed by atoms with van der Waals surface area (Å²) >= 11 is 8.00. The second-order valence-electron chi connectivity index (χ2n) is 2.59. The monoisotopic (exact) mass is 372 g/mol. The number of hydrogen-bond acceptors (Lipinski definition) is 2. The first-order valence-electron chi connectivity index (χ1n) is 3.62. The minimum absolute atomic E-state index is 0. The van der Waals surface area contributed by atoms with Gasteiger partial charge in [0.2, 0.25) is 0 Å². The van der Waals surface area contributed by atoms with Crippen molar-refractivity contribution in [1.82, 2.24) is 4.98 Å². The topological polar surface area (TPSA) is 33.1 Å². The number of hydrogen-bond donors (Lipinski definition) is 1. The molecule has 0 aliphatic heterocycles. The van der Waals surface area contributed by atoms with Gasteiger partial charge in [0.15, 0.2) is 5.75 Å². The maximum Gasteiger partial charge on any atom is 2.00 e. The average molecular weight is 372 g/mol. The van der Waals surface area contributed by atoms with Crippen LogP contribution in [-0.2, 0) is 17.1 Å². The molecule has 0 atom stereocenters. The Kier molecular flexibility index (Phi) is 4.01. The fraction of sp³-hybridized carbons (Fsp3) is 0. The zero-order valence-electron chi connectivity index (χ0n) is 6.76. The molecule has 0 fully saturated rings. The minimum Gasteiger partial charge on any atom is -0.505 e. The Morgan fingerprint density at radius 3 is 2.86 bits per heavy atom. The van der Waals surface area contributed by atoms with Crippen LogP contribution in [0.15, 0.2) is 24.4 Å². The number of phenolic OH excluding ortho intramolecular Hbond substituents is 1. The third kappa shape index (κ3) is 1.98. The molecular formula is C9H5ClCuINO+2. The Balaban J connectivity index is 0.000000980. The minimum atomic E-state index is 0. The van der Waals surface area contributed by atoms with E-state index in [0.717, 1.165) is 5.39 Å². The summed E-state index contributed by atoms with van der Waals surface area (Å²) in [5.41, 5.74) is 0.555. The molecule has 1 radical (unpaired) electrons. The van der Waals surface area contributed by atoms with E-state index >= 15 is 0 Å². The van der Waals surface area contributed by atoms with Crippen LogP contribution in [0.1, 0.15) is 0 Å². The average Bonchev–Trinajstić information content (AvgIpc) is 2.15. The number of fused-ring (bicyclic) bond motifs is 1. The van der Waals surface area contributed by atoms with E-state index in [1.807, 2.05) is 28.7 Å². The van der Waals surface area contributed by atoms with E-state index in [4.69, 9.17) is 11.6 Å². The van der Waals surface area contributed by atoms with Crippen molar-refractivity contribution in [3.05, 3.63) is 33.0 Å². The maximum absolute atomic E-state index is 9.65. The Morgan fingerprint density at radius 2 is 2.14 bits per heavy atom. The number of halogens is 2. The predicted molar refractivity (Wildman–Crippen MR) is 61.1 cm³/mol. The quantitative estimate of drug-likeness (QED) is 0.569. The molecule has 0 bridgehead atoms. The van der Waals surface area contributed by atoms with Crippen molar-refractivity contribution in [1.29, 1.82) is 0 Å². The molecule has 1 heterocycles. The van der Waals surface area contributed by atoms with Crippen LogP contribution in [0.5, 0.6) is 5.75 Å². The zero-order valence-corrected chi connectivity index (χ0v) is 10.6. The second kappa shape index (κ2) is 4.66. The van der Waals surface area contributed by atoms with Crippen LogP contribution >= 0.6 is 34.2 Å². The predicted octanol–water partition coefficient (Wildman–Crippen LogP) is 3.20. The third-order valence-corrected chi connectivity index (χ3v) is 2.90. The Bertz CT molecular complexity index is 478. The van der Waals surface area contributed by atoms with Gasteiger partial charge in [-0.25, -0.2) is 0 Å². The molecule has 0 saturated heterocycles. The fourth-order valence-electron chi connectivity index (χ4n) is 1.16. The van der Waals surface area contributed by atoms with Crippen LogP contribution in [0.3, 0.4) is 0 Å². The molecule has 75 valence electrons. The van der Waals surface area contributed by atoms with Crippen LogP contribution in [0.2, 0.25) is 5.02 Å². The first-order chi connectivity index (χ1) is 6.20. The van der Waals surface area contributed by atoms with Crippen molar-refractivity contribution in [2.75, 3.05) is 0 Å². The molecule has 0 unspecified atom stereocenters. The van der Waals surface area contributed by atoms with E-state index in [9.17, 15) is 5.11 Å². The second-order valence-corrected chi connectivity index (χ2v) is 4.16. The van der Waals surface area contributed by atoms with Gasteiger partial charge in [-0.1, -0.05) is 11.6 Å². The fourth-order valence-corrected chi connectivity index (χ4v) is 2.17. The van der Waals surface area contributed by atoms with Gasteiger partial charge in [-0.15, -0.1) is 0 Å². The van der Waals surface area contributed by atoms with E-state index < -0.39 is 0 Å². The maximum atomic E-state index is 9.65. The van der Waals surface area contributed by atoms with Gasteiger partial charge < -0.3 is 5.11 Å². The summed E-state index contributed by atoms with van der Waals surface area (Å²) in [6.45, 7) is 0. The van der Waals surface area contributed by atoms with Gasteiger partial charge in [-0.05, 0) is 40.8 Å². The summed E-state index contributed by atoms with van der Waals surface area (Å²) in [5.74, 6) is 0.195. The molecule has 5 heteroatoms. The number of aromatic nitrogens is 1. The molecule has 2 rings (SSSR count). The molecular weight excluding hydrogens is 367 g/mol. The first-order valence-corrected chi connectivity index (χ1v) is 5.07. The molecule has 2 nitrogen and oxygen atoms in total. The Hall–Kier alpha value is -0.0305. The van der Waals surface area contributed by atoms with Crippen LogP contribution in [-0.4, -0.2) is 10.1 Å². The summed E-state index contributed by atoms with van der Waals surface area (Å²) in [7, 11) is 0. The van der Waals surface area contributed by atoms with Crippen LogP contribution < -0.4 is 0 Å². The molecule has 14 heavy (non-hydrogen) atoms. The number of phenols is 1. The Morgan fingerprint density at radius 1 is 1.43 bits per heavy atom. The summed E-state index contributed by atoms with van der Waals surface area (Å²) in [5, 5.41) is 11.0. The number of aromatic hydroxyl groups is 1. The molecule has 1 aromatic heterocycles. The van der Waals surface area contributed by atoms with Crippen LogP contribution in [0, 0.1) is 3.57 Å².